The number of halogens is 6. The van der Waals surface area contributed by atoms with Crippen LogP contribution in [0.15, 0.2) is 59.2 Å². The van der Waals surface area contributed by atoms with Crippen molar-refractivity contribution in [2.45, 2.75) is 12.3 Å². The fourth-order valence-electron chi connectivity index (χ4n) is 3.46. The summed E-state index contributed by atoms with van der Waals surface area (Å²) < 4.78 is 72.8. The Morgan fingerprint density at radius 2 is 1.74 bits per heavy atom. The van der Waals surface area contributed by atoms with Crippen LogP contribution in [0.4, 0.5) is 27.6 Å². The van der Waals surface area contributed by atoms with E-state index in [4.69, 9.17) is 11.6 Å². The van der Waals surface area contributed by atoms with Gasteiger partial charge in [-0.1, -0.05) is 15.9 Å². The summed E-state index contributed by atoms with van der Waals surface area (Å²) in [4.78, 5) is 16.7. The summed E-state index contributed by atoms with van der Waals surface area (Å²) in [5.74, 6) is 0.315. The number of amides is 1. The highest BCUT2D eigenvalue weighted by Gasteiger charge is 2.46. The minimum Gasteiger partial charge on any atom is -0.406 e. The van der Waals surface area contributed by atoms with Crippen LogP contribution in [-0.2, 0) is 22.6 Å². The SMILES string of the molecule is CON(C)C(=O)C(F)(F)c1cc(-c2ccc(Br)cc2N(N)/C(=C\N)c2ccc(OC(F)(F)F)cc2)n(C)n1. The number of hydrogen-bond donors (Lipinski definition) is 2. The molecule has 15 heteroatoms. The number of hydroxylamine groups is 2. The molecule has 9 nitrogen and oxygen atoms in total. The second-order valence-electron chi connectivity index (χ2n) is 7.75. The molecular weight excluding hydrogens is 583 g/mol. The quantitative estimate of drug-likeness (QED) is 0.221. The third-order valence-corrected chi connectivity index (χ3v) is 5.82. The van der Waals surface area contributed by atoms with E-state index in [2.05, 4.69) is 30.6 Å². The van der Waals surface area contributed by atoms with Crippen molar-refractivity contribution in [3.63, 3.8) is 0 Å². The summed E-state index contributed by atoms with van der Waals surface area (Å²) in [6.07, 6.45) is -3.73. The van der Waals surface area contributed by atoms with Crippen LogP contribution in [0.2, 0.25) is 0 Å². The van der Waals surface area contributed by atoms with Crippen molar-refractivity contribution in [2.24, 2.45) is 18.6 Å². The first kappa shape index (κ1) is 28.9. The molecule has 3 aromatic rings. The zero-order valence-corrected chi connectivity index (χ0v) is 21.7. The zero-order valence-electron chi connectivity index (χ0n) is 20.1. The monoisotopic (exact) mass is 604 g/mol. The number of aryl methyl sites for hydroxylation is 1. The Morgan fingerprint density at radius 1 is 1.11 bits per heavy atom. The molecule has 0 aliphatic heterocycles. The standard InChI is InChI=1S/C23H22BrF5N6O3/c1-33-17(11-20(32-33)22(25,26)21(36)34(2)37-3)16-9-6-14(24)10-18(16)35(31)19(12-30)13-4-7-15(8-5-13)38-23(27,28)29/h4-12H,30-31H2,1-3H3/b19-12-. The van der Waals surface area contributed by atoms with E-state index in [1.54, 1.807) is 18.2 Å². The molecule has 0 spiro atoms. The van der Waals surface area contributed by atoms with Gasteiger partial charge in [-0.2, -0.15) is 13.9 Å². The van der Waals surface area contributed by atoms with E-state index in [1.807, 2.05) is 0 Å². The molecule has 3 rings (SSSR count). The second kappa shape index (κ2) is 11.0. The Kier molecular flexibility index (Phi) is 8.33. The number of carbonyl (C=O) groups excluding carboxylic acids is 1. The molecule has 0 saturated carbocycles. The van der Waals surface area contributed by atoms with E-state index < -0.39 is 29.6 Å². The number of ether oxygens (including phenoxy) is 1. The highest BCUT2D eigenvalue weighted by Crippen LogP contribution is 2.38. The first-order valence-corrected chi connectivity index (χ1v) is 11.4. The summed E-state index contributed by atoms with van der Waals surface area (Å²) in [7, 11) is 3.52. The van der Waals surface area contributed by atoms with Gasteiger partial charge in [-0.15, -0.1) is 13.2 Å². The van der Waals surface area contributed by atoms with Crippen LogP contribution in [0.5, 0.6) is 5.75 Å². The molecule has 0 saturated heterocycles. The summed E-state index contributed by atoms with van der Waals surface area (Å²) in [6.45, 7) is 0. The summed E-state index contributed by atoms with van der Waals surface area (Å²) in [5, 5.41) is 5.36. The second-order valence-corrected chi connectivity index (χ2v) is 8.67. The Labute approximate surface area is 222 Å². The number of hydrazine groups is 1. The van der Waals surface area contributed by atoms with E-state index in [-0.39, 0.29) is 17.1 Å². The number of aromatic nitrogens is 2. The van der Waals surface area contributed by atoms with E-state index in [0.29, 0.717) is 20.7 Å². The number of nitrogens with two attached hydrogens (primary N) is 2. The normalized spacial score (nSPS) is 12.4. The number of rotatable bonds is 8. The minimum atomic E-state index is -4.86. The van der Waals surface area contributed by atoms with E-state index >= 15 is 0 Å². The minimum absolute atomic E-state index is 0.174. The van der Waals surface area contributed by atoms with Crippen molar-refractivity contribution >= 4 is 33.2 Å². The maximum absolute atomic E-state index is 14.9. The molecule has 0 fully saturated rings. The van der Waals surface area contributed by atoms with Crippen LogP contribution in [0.3, 0.4) is 0 Å². The molecule has 1 aromatic heterocycles. The van der Waals surface area contributed by atoms with Crippen LogP contribution < -0.4 is 21.3 Å². The van der Waals surface area contributed by atoms with Crippen molar-refractivity contribution < 1.29 is 36.3 Å². The maximum Gasteiger partial charge on any atom is 0.573 e. The van der Waals surface area contributed by atoms with Gasteiger partial charge in [0.05, 0.1) is 24.2 Å². The molecule has 0 radical (unpaired) electrons. The number of anilines is 1. The Morgan fingerprint density at radius 3 is 2.29 bits per heavy atom. The third-order valence-electron chi connectivity index (χ3n) is 5.33. The summed E-state index contributed by atoms with van der Waals surface area (Å²) >= 11 is 3.34. The molecule has 0 bridgehead atoms. The van der Waals surface area contributed by atoms with Gasteiger partial charge >= 0.3 is 18.2 Å². The van der Waals surface area contributed by atoms with Gasteiger partial charge in [-0.05, 0) is 48.5 Å². The molecule has 1 amide bonds. The van der Waals surface area contributed by atoms with Crippen LogP contribution in [0.1, 0.15) is 11.3 Å². The molecule has 0 aliphatic rings. The predicted octanol–water partition coefficient (Wildman–Crippen LogP) is 4.50. The van der Waals surface area contributed by atoms with Gasteiger partial charge in [0.1, 0.15) is 11.4 Å². The molecule has 0 unspecified atom stereocenters. The number of alkyl halides is 5. The molecule has 0 atom stereocenters. The van der Waals surface area contributed by atoms with Gasteiger partial charge in [-0.3, -0.25) is 19.3 Å². The number of benzene rings is 2. The lowest BCUT2D eigenvalue weighted by atomic mass is 10.1. The Bertz CT molecular complexity index is 1340. The molecular formula is C23H22BrF5N6O3. The van der Waals surface area contributed by atoms with Gasteiger partial charge in [0.15, 0.2) is 0 Å². The smallest absolute Gasteiger partial charge is 0.406 e. The average Bonchev–Trinajstić information content (AvgIpc) is 3.25. The van der Waals surface area contributed by atoms with E-state index in [0.717, 1.165) is 48.2 Å². The van der Waals surface area contributed by atoms with Crippen LogP contribution in [-0.4, -0.2) is 41.3 Å². The van der Waals surface area contributed by atoms with Gasteiger partial charge in [-0.25, -0.2) is 10.9 Å². The van der Waals surface area contributed by atoms with Crippen molar-refractivity contribution in [1.29, 1.82) is 0 Å². The van der Waals surface area contributed by atoms with Gasteiger partial charge in [0.25, 0.3) is 0 Å². The van der Waals surface area contributed by atoms with Crippen molar-refractivity contribution in [1.82, 2.24) is 14.8 Å². The van der Waals surface area contributed by atoms with Gasteiger partial charge in [0.2, 0.25) is 0 Å². The molecule has 1 heterocycles. The fourth-order valence-corrected chi connectivity index (χ4v) is 3.81. The first-order valence-electron chi connectivity index (χ1n) is 10.6. The molecule has 38 heavy (non-hydrogen) atoms. The van der Waals surface area contributed by atoms with Crippen molar-refractivity contribution in [2.75, 3.05) is 19.2 Å². The highest BCUT2D eigenvalue weighted by molar-refractivity contribution is 9.10. The highest BCUT2D eigenvalue weighted by atomic mass is 79.9. The van der Waals surface area contributed by atoms with Gasteiger partial charge < -0.3 is 10.5 Å². The van der Waals surface area contributed by atoms with Crippen LogP contribution >= 0.6 is 15.9 Å². The fraction of sp³-hybridized carbons (Fsp3) is 0.217. The van der Waals surface area contributed by atoms with Crippen molar-refractivity contribution in [3.05, 3.63) is 70.5 Å². The van der Waals surface area contributed by atoms with E-state index in [9.17, 15) is 26.7 Å². The lowest BCUT2D eigenvalue weighted by Gasteiger charge is -2.25. The molecule has 4 N–H and O–H groups in total. The Balaban J connectivity index is 2.03. The number of likely N-dealkylation sites (N-methyl/N-ethyl adjacent to an activating group) is 1. The first-order chi connectivity index (χ1) is 17.7. The largest absolute Gasteiger partial charge is 0.573 e. The molecule has 0 aliphatic carbocycles. The number of carbonyl (C=O) groups is 1. The van der Waals surface area contributed by atoms with Gasteiger partial charge in [0, 0.05) is 35.9 Å². The number of nitrogens with zero attached hydrogens (tertiary/aromatic N) is 4. The molecule has 2 aromatic carbocycles. The lowest BCUT2D eigenvalue weighted by molar-refractivity contribution is -0.274. The van der Waals surface area contributed by atoms with Crippen molar-refractivity contribution in [3.8, 4) is 17.0 Å². The van der Waals surface area contributed by atoms with Crippen LogP contribution in [0.25, 0.3) is 17.0 Å². The topological polar surface area (TPSA) is 112 Å². The maximum atomic E-state index is 14.9. The lowest BCUT2D eigenvalue weighted by Crippen LogP contribution is -2.39. The Hall–Kier alpha value is -3.69. The predicted molar refractivity (Wildman–Crippen MR) is 132 cm³/mol. The van der Waals surface area contributed by atoms with E-state index in [1.165, 1.54) is 19.2 Å². The summed E-state index contributed by atoms with van der Waals surface area (Å²) in [6, 6.07) is 10.6. The third kappa shape index (κ3) is 6.06. The molecule has 204 valence electrons. The number of hydrogen-bond acceptors (Lipinski definition) is 7. The average molecular weight is 605 g/mol. The summed E-state index contributed by atoms with van der Waals surface area (Å²) in [5.41, 5.74) is 6.26. The van der Waals surface area contributed by atoms with Crippen LogP contribution in [0, 0.1) is 0 Å². The zero-order chi connectivity index (χ0) is 28.4.